The number of nitro groups is 1. The Labute approximate surface area is 206 Å². The molecular formula is C27H28N3O4P. The summed E-state index contributed by atoms with van der Waals surface area (Å²) >= 11 is 0. The predicted octanol–water partition coefficient (Wildman–Crippen LogP) is 6.17. The molecule has 1 unspecified atom stereocenters. The van der Waals surface area contributed by atoms with Gasteiger partial charge in [0.2, 0.25) is 0 Å². The van der Waals surface area contributed by atoms with Crippen molar-refractivity contribution in [2.24, 2.45) is 5.92 Å². The highest BCUT2D eigenvalue weighted by atomic mass is 31.1. The first-order chi connectivity index (χ1) is 17.0. The van der Waals surface area contributed by atoms with Gasteiger partial charge < -0.3 is 14.1 Å². The molecule has 1 aliphatic heterocycles. The monoisotopic (exact) mass is 489 g/mol. The van der Waals surface area contributed by atoms with E-state index in [1.54, 1.807) is 19.1 Å². The highest BCUT2D eigenvalue weighted by Crippen LogP contribution is 2.60. The minimum absolute atomic E-state index is 0.0194. The number of nitrogens with zero attached hydrogens (tertiary/aromatic N) is 3. The number of rotatable bonds is 9. The van der Waals surface area contributed by atoms with Crippen LogP contribution in [-0.4, -0.2) is 30.6 Å². The zero-order valence-electron chi connectivity index (χ0n) is 19.6. The third-order valence-electron chi connectivity index (χ3n) is 5.91. The van der Waals surface area contributed by atoms with E-state index < -0.39 is 19.1 Å². The van der Waals surface area contributed by atoms with Crippen molar-refractivity contribution in [3.63, 3.8) is 0 Å². The van der Waals surface area contributed by atoms with Crippen LogP contribution in [0.5, 0.6) is 0 Å². The summed E-state index contributed by atoms with van der Waals surface area (Å²) in [5.41, 5.74) is 3.00. The summed E-state index contributed by atoms with van der Waals surface area (Å²) in [4.78, 5) is 23.8. The molecule has 1 heterocycles. The van der Waals surface area contributed by atoms with Crippen LogP contribution in [0.25, 0.3) is 0 Å². The van der Waals surface area contributed by atoms with Gasteiger partial charge in [-0.1, -0.05) is 55.1 Å². The number of ether oxygens (including phenoxy) is 1. The fraction of sp³-hybridized carbons (Fsp3) is 0.222. The summed E-state index contributed by atoms with van der Waals surface area (Å²) in [6.07, 6.45) is 0.361. The Bertz CT molecular complexity index is 1120. The topological polar surface area (TPSA) is 75.9 Å². The Balaban J connectivity index is 1.70. The van der Waals surface area contributed by atoms with Gasteiger partial charge in [0.25, 0.3) is 5.69 Å². The number of anilines is 2. The maximum Gasteiger partial charge on any atom is 0.313 e. The molecule has 8 heteroatoms. The smallest absolute Gasteiger partial charge is 0.313 e. The molecule has 180 valence electrons. The molecule has 0 spiro atoms. The van der Waals surface area contributed by atoms with E-state index in [0.717, 1.165) is 35.3 Å². The number of nitro benzene ring substituents is 1. The minimum Gasteiger partial charge on any atom is -0.466 e. The Morgan fingerprint density at radius 2 is 1.49 bits per heavy atom. The number of non-ortho nitro benzene ring substituents is 1. The van der Waals surface area contributed by atoms with Gasteiger partial charge >= 0.3 is 5.97 Å². The van der Waals surface area contributed by atoms with Crippen LogP contribution in [-0.2, 0) is 16.0 Å². The second kappa shape index (κ2) is 11.2. The summed E-state index contributed by atoms with van der Waals surface area (Å²) < 4.78 is 10.1. The van der Waals surface area contributed by atoms with Crippen LogP contribution >= 0.6 is 8.22 Å². The number of hydrogen-bond acceptors (Lipinski definition) is 6. The molecule has 3 aromatic carbocycles. The van der Waals surface area contributed by atoms with Gasteiger partial charge in [-0.05, 0) is 43.2 Å². The van der Waals surface area contributed by atoms with Crippen molar-refractivity contribution in [1.82, 2.24) is 0 Å². The molecule has 0 aromatic heterocycles. The molecule has 1 fully saturated rings. The molecule has 35 heavy (non-hydrogen) atoms. The second-order valence-electron chi connectivity index (χ2n) is 8.13. The van der Waals surface area contributed by atoms with E-state index >= 15 is 0 Å². The van der Waals surface area contributed by atoms with E-state index in [0.29, 0.717) is 6.42 Å². The van der Waals surface area contributed by atoms with Crippen LogP contribution in [0.4, 0.5) is 17.1 Å². The number of carbonyl (C=O) groups is 1. The summed E-state index contributed by atoms with van der Waals surface area (Å²) in [7, 11) is -1.12. The van der Waals surface area contributed by atoms with E-state index in [-0.39, 0.29) is 18.3 Å². The Kier molecular flexibility index (Phi) is 7.78. The van der Waals surface area contributed by atoms with Crippen molar-refractivity contribution in [2.75, 3.05) is 29.0 Å². The maximum atomic E-state index is 13.2. The highest BCUT2D eigenvalue weighted by molar-refractivity contribution is 7.65. The van der Waals surface area contributed by atoms with Crippen molar-refractivity contribution in [2.45, 2.75) is 13.3 Å². The van der Waals surface area contributed by atoms with Crippen LogP contribution in [0.15, 0.2) is 96.8 Å². The van der Waals surface area contributed by atoms with Gasteiger partial charge in [-0.2, -0.15) is 0 Å². The summed E-state index contributed by atoms with van der Waals surface area (Å²) in [5.74, 6) is -0.913. The number of carbonyl (C=O) groups excluding carboxylic acids is 1. The molecule has 0 bridgehead atoms. The third kappa shape index (κ3) is 5.52. The molecule has 7 nitrogen and oxygen atoms in total. The Hall–Kier alpha value is -3.70. The Morgan fingerprint density at radius 1 is 0.971 bits per heavy atom. The molecule has 0 aliphatic carbocycles. The quantitative estimate of drug-likeness (QED) is 0.155. The van der Waals surface area contributed by atoms with Gasteiger partial charge in [-0.25, -0.2) is 0 Å². The number of para-hydroxylation sites is 2. The van der Waals surface area contributed by atoms with E-state index in [1.807, 2.05) is 36.4 Å². The standard InChI is InChI=1S/C27H28N3O4P/c1-3-34-27(31)26(20-22-14-16-25(17-15-22)30(32)33)21(2)35-28(23-10-6-4-7-11-23)18-19-29(35)24-12-8-5-9-13-24/h4-17,26H,2-3,18-20H2,1H3. The first-order valence-corrected chi connectivity index (χ1v) is 12.8. The summed E-state index contributed by atoms with van der Waals surface area (Å²) in [5, 5.41) is 11.9. The van der Waals surface area contributed by atoms with Crippen LogP contribution in [0.2, 0.25) is 0 Å². The zero-order valence-corrected chi connectivity index (χ0v) is 20.5. The van der Waals surface area contributed by atoms with Crippen molar-refractivity contribution < 1.29 is 14.5 Å². The first-order valence-electron chi connectivity index (χ1n) is 11.5. The molecule has 4 rings (SSSR count). The maximum absolute atomic E-state index is 13.2. The largest absolute Gasteiger partial charge is 0.466 e. The number of hydrogen-bond donors (Lipinski definition) is 0. The van der Waals surface area contributed by atoms with Crippen molar-refractivity contribution in [3.8, 4) is 0 Å². The lowest BCUT2D eigenvalue weighted by atomic mass is 9.99. The lowest BCUT2D eigenvalue weighted by Crippen LogP contribution is -2.26. The van der Waals surface area contributed by atoms with Crippen molar-refractivity contribution in [3.05, 3.63) is 113 Å². The first kappa shape index (κ1) is 24.4. The van der Waals surface area contributed by atoms with E-state index in [2.05, 4.69) is 40.2 Å². The molecule has 0 saturated carbocycles. The molecule has 0 N–H and O–H groups in total. The van der Waals surface area contributed by atoms with Gasteiger partial charge in [0, 0.05) is 41.9 Å². The zero-order chi connectivity index (χ0) is 24.8. The average molecular weight is 490 g/mol. The highest BCUT2D eigenvalue weighted by Gasteiger charge is 2.40. The fourth-order valence-electron chi connectivity index (χ4n) is 4.21. The van der Waals surface area contributed by atoms with Gasteiger partial charge in [-0.3, -0.25) is 14.9 Å². The molecule has 3 aromatic rings. The van der Waals surface area contributed by atoms with Crippen molar-refractivity contribution >= 4 is 31.3 Å². The fourth-order valence-corrected chi connectivity index (χ4v) is 6.82. The Morgan fingerprint density at radius 3 is 1.94 bits per heavy atom. The molecule has 1 saturated heterocycles. The average Bonchev–Trinajstić information content (AvgIpc) is 3.33. The second-order valence-corrected chi connectivity index (χ2v) is 10.2. The molecule has 0 amide bonds. The van der Waals surface area contributed by atoms with Gasteiger partial charge in [-0.15, -0.1) is 0 Å². The van der Waals surface area contributed by atoms with Gasteiger partial charge in [0.05, 0.1) is 17.4 Å². The molecule has 1 aliphatic rings. The third-order valence-corrected chi connectivity index (χ3v) is 8.51. The normalized spacial score (nSPS) is 14.5. The summed E-state index contributed by atoms with van der Waals surface area (Å²) in [6.45, 7) is 8.13. The van der Waals surface area contributed by atoms with E-state index in [1.165, 1.54) is 12.1 Å². The SMILES string of the molecule is C=C(C(Cc1ccc([N+](=O)[O-])cc1)C(=O)OCC)P1N(c2ccccc2)CCN1c1ccccc1. The molecular weight excluding hydrogens is 461 g/mol. The number of benzene rings is 3. The van der Waals surface area contributed by atoms with Crippen LogP contribution in [0.3, 0.4) is 0 Å². The molecule has 0 radical (unpaired) electrons. The number of esters is 1. The van der Waals surface area contributed by atoms with E-state index in [4.69, 9.17) is 4.74 Å². The van der Waals surface area contributed by atoms with E-state index in [9.17, 15) is 14.9 Å². The van der Waals surface area contributed by atoms with Crippen LogP contribution in [0, 0.1) is 16.0 Å². The van der Waals surface area contributed by atoms with Gasteiger partial charge in [0.15, 0.2) is 0 Å². The predicted molar refractivity (Wildman–Crippen MR) is 141 cm³/mol. The van der Waals surface area contributed by atoms with Crippen molar-refractivity contribution in [1.29, 1.82) is 0 Å². The van der Waals surface area contributed by atoms with Crippen LogP contribution in [0.1, 0.15) is 12.5 Å². The van der Waals surface area contributed by atoms with Gasteiger partial charge in [0.1, 0.15) is 8.22 Å². The van der Waals surface area contributed by atoms with Crippen LogP contribution < -0.4 is 9.34 Å². The minimum atomic E-state index is -1.12. The molecule has 1 atom stereocenters. The lowest BCUT2D eigenvalue weighted by molar-refractivity contribution is -0.384. The lowest BCUT2D eigenvalue weighted by Gasteiger charge is -2.35. The summed E-state index contributed by atoms with van der Waals surface area (Å²) in [6, 6.07) is 26.6.